The predicted molar refractivity (Wildman–Crippen MR) is 80.8 cm³/mol. The van der Waals surface area contributed by atoms with E-state index in [1.165, 1.54) is 31.4 Å². The number of likely N-dealkylation sites (N-methyl/N-ethyl adjacent to an activating group) is 1. The highest BCUT2D eigenvalue weighted by Gasteiger charge is 2.38. The average molecular weight is 329 g/mol. The van der Waals surface area contributed by atoms with E-state index in [0.29, 0.717) is 5.54 Å². The van der Waals surface area contributed by atoms with Gasteiger partial charge in [-0.05, 0) is 58.0 Å². The molecule has 0 bridgehead atoms. The highest BCUT2D eigenvalue weighted by Crippen LogP contribution is 2.36. The first-order chi connectivity index (χ1) is 8.94. The zero-order valence-corrected chi connectivity index (χ0v) is 13.4. The molecule has 1 N–H and O–H groups in total. The largest absolute Gasteiger partial charge is 0.308 e. The SMILES string of the molecule is CC(NCC1(N(C)C)CCC1)c1ccc(F)cc1Br. The van der Waals surface area contributed by atoms with Crippen LogP contribution in [0.5, 0.6) is 0 Å². The lowest BCUT2D eigenvalue weighted by molar-refractivity contribution is 0.0576. The maximum Gasteiger partial charge on any atom is 0.124 e. The number of hydrogen-bond donors (Lipinski definition) is 1. The topological polar surface area (TPSA) is 15.3 Å². The van der Waals surface area contributed by atoms with E-state index in [1.54, 1.807) is 0 Å². The molecule has 0 saturated heterocycles. The molecule has 2 rings (SSSR count). The van der Waals surface area contributed by atoms with E-state index in [0.717, 1.165) is 16.6 Å². The maximum atomic E-state index is 13.1. The Kier molecular flexibility index (Phi) is 4.64. The minimum Gasteiger partial charge on any atom is -0.308 e. The molecule has 0 amide bonds. The van der Waals surface area contributed by atoms with Crippen LogP contribution in [0.1, 0.15) is 37.8 Å². The van der Waals surface area contributed by atoms with Gasteiger partial charge in [0, 0.05) is 22.6 Å². The predicted octanol–water partition coefficient (Wildman–Crippen LogP) is 3.72. The molecule has 1 aliphatic carbocycles. The number of rotatable bonds is 5. The molecule has 2 nitrogen and oxygen atoms in total. The Labute approximate surface area is 123 Å². The second kappa shape index (κ2) is 5.90. The summed E-state index contributed by atoms with van der Waals surface area (Å²) in [7, 11) is 4.30. The fraction of sp³-hybridized carbons (Fsp3) is 0.600. The van der Waals surface area contributed by atoms with Crippen molar-refractivity contribution in [1.29, 1.82) is 0 Å². The van der Waals surface area contributed by atoms with E-state index < -0.39 is 0 Å². The summed E-state index contributed by atoms with van der Waals surface area (Å²) in [5.41, 5.74) is 1.41. The second-order valence-corrected chi connectivity index (χ2v) is 6.60. The third-order valence-corrected chi connectivity index (χ3v) is 5.09. The molecule has 0 radical (unpaired) electrons. The van der Waals surface area contributed by atoms with Crippen LogP contribution in [0.2, 0.25) is 0 Å². The molecule has 106 valence electrons. The molecule has 4 heteroatoms. The summed E-state index contributed by atoms with van der Waals surface area (Å²) in [5.74, 6) is -0.202. The first-order valence-corrected chi connectivity index (χ1v) is 7.60. The summed E-state index contributed by atoms with van der Waals surface area (Å²) in [6.07, 6.45) is 3.82. The molecule has 1 aliphatic rings. The lowest BCUT2D eigenvalue weighted by Crippen LogP contribution is -2.56. The molecular weight excluding hydrogens is 307 g/mol. The van der Waals surface area contributed by atoms with E-state index in [-0.39, 0.29) is 11.9 Å². The average Bonchev–Trinajstić information content (AvgIpc) is 2.26. The monoisotopic (exact) mass is 328 g/mol. The Bertz CT molecular complexity index is 444. The minimum atomic E-state index is -0.202. The van der Waals surface area contributed by atoms with Crippen molar-refractivity contribution >= 4 is 15.9 Å². The van der Waals surface area contributed by atoms with E-state index in [4.69, 9.17) is 0 Å². The van der Waals surface area contributed by atoms with E-state index in [9.17, 15) is 4.39 Å². The summed E-state index contributed by atoms with van der Waals surface area (Å²) in [6.45, 7) is 3.10. The second-order valence-electron chi connectivity index (χ2n) is 5.74. The van der Waals surface area contributed by atoms with Gasteiger partial charge in [-0.1, -0.05) is 22.0 Å². The molecule has 1 aromatic carbocycles. The van der Waals surface area contributed by atoms with Crippen molar-refractivity contribution in [2.45, 2.75) is 37.8 Å². The summed E-state index contributed by atoms with van der Waals surface area (Å²) in [4.78, 5) is 2.33. The van der Waals surface area contributed by atoms with Gasteiger partial charge < -0.3 is 10.2 Å². The van der Waals surface area contributed by atoms with E-state index in [1.807, 2.05) is 6.07 Å². The van der Waals surface area contributed by atoms with Gasteiger partial charge in [-0.2, -0.15) is 0 Å². The molecule has 1 saturated carbocycles. The number of hydrogen-bond acceptors (Lipinski definition) is 2. The molecule has 1 fully saturated rings. The number of benzene rings is 1. The van der Waals surface area contributed by atoms with Crippen molar-refractivity contribution in [2.75, 3.05) is 20.6 Å². The van der Waals surface area contributed by atoms with Gasteiger partial charge in [0.05, 0.1) is 0 Å². The first-order valence-electron chi connectivity index (χ1n) is 6.80. The zero-order chi connectivity index (χ0) is 14.0. The lowest BCUT2D eigenvalue weighted by Gasteiger charge is -2.48. The molecule has 0 aromatic heterocycles. The van der Waals surface area contributed by atoms with Crippen molar-refractivity contribution in [3.63, 3.8) is 0 Å². The standard InChI is InChI=1S/C15H22BrFN2/c1-11(13-6-5-12(17)9-14(13)16)18-10-15(19(2)3)7-4-8-15/h5-6,9,11,18H,4,7-8,10H2,1-3H3. The number of nitrogens with one attached hydrogen (secondary N) is 1. The van der Waals surface area contributed by atoms with Gasteiger partial charge in [-0.3, -0.25) is 0 Å². The maximum absolute atomic E-state index is 13.1. The van der Waals surface area contributed by atoms with Gasteiger partial charge in [0.1, 0.15) is 5.82 Å². The van der Waals surface area contributed by atoms with Crippen LogP contribution in [0.3, 0.4) is 0 Å². The van der Waals surface area contributed by atoms with Crippen LogP contribution < -0.4 is 5.32 Å². The third kappa shape index (κ3) is 3.18. The van der Waals surface area contributed by atoms with Gasteiger partial charge in [0.15, 0.2) is 0 Å². The van der Waals surface area contributed by atoms with Crippen LogP contribution in [0.15, 0.2) is 22.7 Å². The summed E-state index contributed by atoms with van der Waals surface area (Å²) < 4.78 is 13.9. The van der Waals surface area contributed by atoms with E-state index in [2.05, 4.69) is 47.2 Å². The van der Waals surface area contributed by atoms with Crippen LogP contribution >= 0.6 is 15.9 Å². The van der Waals surface area contributed by atoms with Crippen molar-refractivity contribution in [3.05, 3.63) is 34.1 Å². The highest BCUT2D eigenvalue weighted by molar-refractivity contribution is 9.10. The molecule has 0 aliphatic heterocycles. The number of halogens is 2. The first kappa shape index (κ1) is 14.9. The summed E-state index contributed by atoms with van der Waals surface area (Å²) in [6, 6.07) is 5.11. The van der Waals surface area contributed by atoms with E-state index >= 15 is 0 Å². The number of nitrogens with zero attached hydrogens (tertiary/aromatic N) is 1. The van der Waals surface area contributed by atoms with Gasteiger partial charge in [-0.15, -0.1) is 0 Å². The smallest absolute Gasteiger partial charge is 0.124 e. The fourth-order valence-corrected chi connectivity index (χ4v) is 3.37. The van der Waals surface area contributed by atoms with Gasteiger partial charge >= 0.3 is 0 Å². The van der Waals surface area contributed by atoms with Crippen molar-refractivity contribution in [3.8, 4) is 0 Å². The Morgan fingerprint density at radius 1 is 1.42 bits per heavy atom. The summed E-state index contributed by atoms with van der Waals surface area (Å²) >= 11 is 3.44. The van der Waals surface area contributed by atoms with Crippen LogP contribution in [-0.2, 0) is 0 Å². The molecular formula is C15H22BrFN2. The fourth-order valence-electron chi connectivity index (χ4n) is 2.67. The Hall–Kier alpha value is -0.450. The Balaban J connectivity index is 1.99. The quantitative estimate of drug-likeness (QED) is 0.886. The van der Waals surface area contributed by atoms with Crippen LogP contribution in [-0.4, -0.2) is 31.1 Å². The van der Waals surface area contributed by atoms with Gasteiger partial charge in [0.2, 0.25) is 0 Å². The molecule has 1 unspecified atom stereocenters. The van der Waals surface area contributed by atoms with Crippen LogP contribution in [0, 0.1) is 5.82 Å². The Morgan fingerprint density at radius 2 is 2.11 bits per heavy atom. The minimum absolute atomic E-state index is 0.202. The van der Waals surface area contributed by atoms with Crippen molar-refractivity contribution < 1.29 is 4.39 Å². The normalized spacial score (nSPS) is 19.3. The Morgan fingerprint density at radius 3 is 2.58 bits per heavy atom. The molecule has 1 atom stereocenters. The molecule has 0 heterocycles. The third-order valence-electron chi connectivity index (χ3n) is 4.40. The zero-order valence-electron chi connectivity index (χ0n) is 11.8. The van der Waals surface area contributed by atoms with Gasteiger partial charge in [0.25, 0.3) is 0 Å². The van der Waals surface area contributed by atoms with Gasteiger partial charge in [-0.25, -0.2) is 4.39 Å². The van der Waals surface area contributed by atoms with Crippen molar-refractivity contribution in [2.24, 2.45) is 0 Å². The van der Waals surface area contributed by atoms with Crippen LogP contribution in [0.4, 0.5) is 4.39 Å². The summed E-state index contributed by atoms with van der Waals surface area (Å²) in [5, 5.41) is 3.59. The molecule has 1 aromatic rings. The highest BCUT2D eigenvalue weighted by atomic mass is 79.9. The lowest BCUT2D eigenvalue weighted by atomic mass is 9.75. The van der Waals surface area contributed by atoms with Crippen molar-refractivity contribution in [1.82, 2.24) is 10.2 Å². The molecule has 0 spiro atoms. The molecule has 19 heavy (non-hydrogen) atoms. The van der Waals surface area contributed by atoms with Crippen LogP contribution in [0.25, 0.3) is 0 Å².